The summed E-state index contributed by atoms with van der Waals surface area (Å²) in [6, 6.07) is 0. The molecular formula is C72H126O6. The van der Waals surface area contributed by atoms with E-state index in [4.69, 9.17) is 14.2 Å². The van der Waals surface area contributed by atoms with Gasteiger partial charge >= 0.3 is 17.9 Å². The SMILES string of the molecule is CC/C=C\C/C=C\C/C=C\C/C=C\C/C=C\C/C=C\C/C=C\CCCCCCCCCCCC(=O)OCC(COC(=O)CCCCCCCCCCC)OC(=O)CCCCCCCCCCCCCCCCCCCCCC. The van der Waals surface area contributed by atoms with Gasteiger partial charge in [-0.15, -0.1) is 0 Å². The third kappa shape index (κ3) is 63.4. The quantitative estimate of drug-likeness (QED) is 0.0261. The van der Waals surface area contributed by atoms with Crippen molar-refractivity contribution in [1.82, 2.24) is 0 Å². The maximum Gasteiger partial charge on any atom is 0.306 e. The molecule has 0 N–H and O–H groups in total. The van der Waals surface area contributed by atoms with E-state index < -0.39 is 6.10 Å². The minimum atomic E-state index is -0.775. The zero-order valence-corrected chi connectivity index (χ0v) is 51.7. The van der Waals surface area contributed by atoms with E-state index in [2.05, 4.69) is 106 Å². The summed E-state index contributed by atoms with van der Waals surface area (Å²) in [5.41, 5.74) is 0. The van der Waals surface area contributed by atoms with Gasteiger partial charge in [0.05, 0.1) is 0 Å². The number of hydrogen-bond donors (Lipinski definition) is 0. The van der Waals surface area contributed by atoms with E-state index >= 15 is 0 Å². The van der Waals surface area contributed by atoms with Gasteiger partial charge in [0.15, 0.2) is 6.10 Å². The first kappa shape index (κ1) is 74.6. The van der Waals surface area contributed by atoms with Crippen molar-refractivity contribution >= 4 is 17.9 Å². The van der Waals surface area contributed by atoms with Crippen molar-refractivity contribution in [3.8, 4) is 0 Å². The third-order valence-electron chi connectivity index (χ3n) is 14.7. The van der Waals surface area contributed by atoms with Gasteiger partial charge in [-0.3, -0.25) is 14.4 Å². The summed E-state index contributed by atoms with van der Waals surface area (Å²) in [6.07, 6.45) is 87.5. The minimum Gasteiger partial charge on any atom is -0.462 e. The molecule has 0 aromatic heterocycles. The molecule has 6 heteroatoms. The van der Waals surface area contributed by atoms with Crippen molar-refractivity contribution < 1.29 is 28.6 Å². The highest BCUT2D eigenvalue weighted by Crippen LogP contribution is 2.17. The molecule has 0 bridgehead atoms. The van der Waals surface area contributed by atoms with Crippen molar-refractivity contribution in [2.75, 3.05) is 13.2 Å². The lowest BCUT2D eigenvalue weighted by Crippen LogP contribution is -2.30. The van der Waals surface area contributed by atoms with Gasteiger partial charge in [0.1, 0.15) is 13.2 Å². The topological polar surface area (TPSA) is 78.9 Å². The van der Waals surface area contributed by atoms with Crippen LogP contribution in [-0.2, 0) is 28.6 Å². The van der Waals surface area contributed by atoms with Crippen LogP contribution in [0.2, 0.25) is 0 Å². The number of carbonyl (C=O) groups excluding carboxylic acids is 3. The second-order valence-corrected chi connectivity index (χ2v) is 22.4. The van der Waals surface area contributed by atoms with Gasteiger partial charge in [0, 0.05) is 19.3 Å². The van der Waals surface area contributed by atoms with Crippen LogP contribution in [0.5, 0.6) is 0 Å². The Bertz CT molecular complexity index is 1480. The summed E-state index contributed by atoms with van der Waals surface area (Å²) in [5.74, 6) is -0.865. The molecule has 0 amide bonds. The summed E-state index contributed by atoms with van der Waals surface area (Å²) in [6.45, 7) is 6.54. The fourth-order valence-corrected chi connectivity index (χ4v) is 9.66. The second-order valence-electron chi connectivity index (χ2n) is 22.4. The minimum absolute atomic E-state index is 0.0731. The monoisotopic (exact) mass is 1090 g/mol. The molecule has 0 aromatic rings. The van der Waals surface area contributed by atoms with Gasteiger partial charge in [0.25, 0.3) is 0 Å². The maximum absolute atomic E-state index is 12.9. The second kappa shape index (κ2) is 66.1. The Morgan fingerprint density at radius 2 is 0.500 bits per heavy atom. The highest BCUT2D eigenvalue weighted by atomic mass is 16.6. The van der Waals surface area contributed by atoms with Crippen molar-refractivity contribution in [3.63, 3.8) is 0 Å². The maximum atomic E-state index is 12.9. The lowest BCUT2D eigenvalue weighted by atomic mass is 10.0. The lowest BCUT2D eigenvalue weighted by Gasteiger charge is -2.18. The number of carbonyl (C=O) groups is 3. The third-order valence-corrected chi connectivity index (χ3v) is 14.7. The Kier molecular flexibility index (Phi) is 63.2. The summed E-state index contributed by atoms with van der Waals surface area (Å²) in [4.78, 5) is 38.2. The smallest absolute Gasteiger partial charge is 0.306 e. The van der Waals surface area contributed by atoms with Crippen LogP contribution in [0, 0.1) is 0 Å². The van der Waals surface area contributed by atoms with E-state index in [1.807, 2.05) is 0 Å². The zero-order valence-electron chi connectivity index (χ0n) is 51.7. The van der Waals surface area contributed by atoms with Crippen molar-refractivity contribution in [2.24, 2.45) is 0 Å². The standard InChI is InChI=1S/C72H126O6/c1-4-7-10-13-16-19-21-23-25-27-29-31-32-33-34-35-36-37-38-39-40-41-43-44-46-48-50-53-56-59-62-65-71(74)77-68-69(67-76-70(73)64-61-58-55-52-18-15-12-9-6-3)78-72(75)66-63-60-57-54-51-49-47-45-42-30-28-26-24-22-20-17-14-11-8-5-2/h7,10,16,19,23,25,29,31,33-34,36-37,39-40,69H,4-6,8-9,11-15,17-18,20-22,24,26-28,30,32,35,38,41-68H2,1-3H3/b10-7-,19-16-,25-23-,31-29-,34-33-,37-36-,40-39-. The fourth-order valence-electron chi connectivity index (χ4n) is 9.66. The van der Waals surface area contributed by atoms with Crippen LogP contribution >= 0.6 is 0 Å². The van der Waals surface area contributed by atoms with Crippen LogP contribution in [0.3, 0.4) is 0 Å². The molecule has 0 aliphatic rings. The van der Waals surface area contributed by atoms with Gasteiger partial charge in [0.2, 0.25) is 0 Å². The number of rotatable bonds is 61. The molecule has 0 radical (unpaired) electrons. The molecule has 450 valence electrons. The van der Waals surface area contributed by atoms with E-state index in [9.17, 15) is 14.4 Å². The van der Waals surface area contributed by atoms with E-state index in [1.165, 1.54) is 186 Å². The van der Waals surface area contributed by atoms with Crippen molar-refractivity contribution in [1.29, 1.82) is 0 Å². The van der Waals surface area contributed by atoms with Crippen molar-refractivity contribution in [3.05, 3.63) is 85.1 Å². The number of ether oxygens (including phenoxy) is 3. The molecule has 6 nitrogen and oxygen atoms in total. The predicted molar refractivity (Wildman–Crippen MR) is 339 cm³/mol. The fraction of sp³-hybridized carbons (Fsp3) is 0.764. The highest BCUT2D eigenvalue weighted by molar-refractivity contribution is 5.71. The van der Waals surface area contributed by atoms with E-state index in [-0.39, 0.29) is 31.1 Å². The molecule has 0 saturated heterocycles. The molecule has 0 aromatic carbocycles. The van der Waals surface area contributed by atoms with E-state index in [0.29, 0.717) is 19.3 Å². The molecule has 0 fully saturated rings. The first-order valence-corrected chi connectivity index (χ1v) is 33.6. The average molecular weight is 1090 g/mol. The summed E-state index contributed by atoms with van der Waals surface area (Å²) in [5, 5.41) is 0. The average Bonchev–Trinajstić information content (AvgIpc) is 3.44. The largest absolute Gasteiger partial charge is 0.462 e. The molecular weight excluding hydrogens is 961 g/mol. The van der Waals surface area contributed by atoms with Gasteiger partial charge in [-0.1, -0.05) is 324 Å². The highest BCUT2D eigenvalue weighted by Gasteiger charge is 2.19. The first-order valence-electron chi connectivity index (χ1n) is 33.6. The van der Waals surface area contributed by atoms with Crippen LogP contribution in [0.15, 0.2) is 85.1 Å². The van der Waals surface area contributed by atoms with Crippen LogP contribution in [0.1, 0.15) is 335 Å². The molecule has 0 aliphatic carbocycles. The van der Waals surface area contributed by atoms with Crippen molar-refractivity contribution in [2.45, 2.75) is 341 Å². The zero-order chi connectivity index (χ0) is 56.4. The number of esters is 3. The Morgan fingerprint density at radius 3 is 0.782 bits per heavy atom. The van der Waals surface area contributed by atoms with Crippen LogP contribution in [0.4, 0.5) is 0 Å². The molecule has 0 saturated carbocycles. The predicted octanol–water partition coefficient (Wildman–Crippen LogP) is 23.1. The van der Waals surface area contributed by atoms with E-state index in [1.54, 1.807) is 0 Å². The van der Waals surface area contributed by atoms with Gasteiger partial charge < -0.3 is 14.2 Å². The normalized spacial score (nSPS) is 12.6. The summed E-state index contributed by atoms with van der Waals surface area (Å²) in [7, 11) is 0. The summed E-state index contributed by atoms with van der Waals surface area (Å²) < 4.78 is 16.9. The first-order chi connectivity index (χ1) is 38.5. The molecule has 0 heterocycles. The number of unbranched alkanes of at least 4 members (excludes halogenated alkanes) is 36. The molecule has 0 aliphatic heterocycles. The van der Waals surface area contributed by atoms with Crippen LogP contribution in [-0.4, -0.2) is 37.2 Å². The Morgan fingerprint density at radius 1 is 0.269 bits per heavy atom. The number of hydrogen-bond acceptors (Lipinski definition) is 6. The lowest BCUT2D eigenvalue weighted by molar-refractivity contribution is -0.167. The van der Waals surface area contributed by atoms with Gasteiger partial charge in [-0.05, 0) is 77.0 Å². The Hall–Kier alpha value is -3.41. The molecule has 1 atom stereocenters. The van der Waals surface area contributed by atoms with Crippen LogP contribution in [0.25, 0.3) is 0 Å². The van der Waals surface area contributed by atoms with E-state index in [0.717, 1.165) is 109 Å². The Balaban J connectivity index is 4.17. The number of allylic oxidation sites excluding steroid dienone is 14. The van der Waals surface area contributed by atoms with Gasteiger partial charge in [-0.25, -0.2) is 0 Å². The van der Waals surface area contributed by atoms with Crippen LogP contribution < -0.4 is 0 Å². The molecule has 0 spiro atoms. The summed E-state index contributed by atoms with van der Waals surface area (Å²) >= 11 is 0. The molecule has 1 unspecified atom stereocenters. The molecule has 0 rings (SSSR count). The Labute approximate surface area is 484 Å². The van der Waals surface area contributed by atoms with Gasteiger partial charge in [-0.2, -0.15) is 0 Å². The molecule has 78 heavy (non-hydrogen) atoms.